The standard InChI is InChI=1S/C17H23NS/c1-2-3-4-5-6-7-8-9-14-17-18-15-12-10-11-13-16(15)19-17/h9-14H,2-8H2,1H3. The number of thiazole rings is 1. The van der Waals surface area contributed by atoms with E-state index in [1.165, 1.54) is 49.6 Å². The normalized spacial score (nSPS) is 11.6. The summed E-state index contributed by atoms with van der Waals surface area (Å²) in [5.74, 6) is 0. The van der Waals surface area contributed by atoms with E-state index in [-0.39, 0.29) is 0 Å². The Morgan fingerprint density at radius 1 is 1.05 bits per heavy atom. The minimum absolute atomic E-state index is 1.12. The summed E-state index contributed by atoms with van der Waals surface area (Å²) in [5, 5.41) is 1.13. The lowest BCUT2D eigenvalue weighted by Gasteiger charge is -1.97. The van der Waals surface area contributed by atoms with Gasteiger partial charge in [0.25, 0.3) is 0 Å². The summed E-state index contributed by atoms with van der Waals surface area (Å²) in [6, 6.07) is 8.34. The van der Waals surface area contributed by atoms with Crippen molar-refractivity contribution in [3.8, 4) is 0 Å². The van der Waals surface area contributed by atoms with E-state index in [0.29, 0.717) is 0 Å². The molecule has 0 saturated carbocycles. The van der Waals surface area contributed by atoms with Gasteiger partial charge in [0, 0.05) is 0 Å². The van der Waals surface area contributed by atoms with Crippen LogP contribution in [0.1, 0.15) is 56.9 Å². The molecule has 2 aromatic rings. The van der Waals surface area contributed by atoms with Crippen molar-refractivity contribution in [1.82, 2.24) is 4.98 Å². The van der Waals surface area contributed by atoms with Crippen LogP contribution in [0.25, 0.3) is 16.3 Å². The number of unbranched alkanes of at least 4 members (excludes halogenated alkanes) is 6. The molecule has 0 aliphatic heterocycles. The van der Waals surface area contributed by atoms with Crippen LogP contribution in [-0.2, 0) is 0 Å². The zero-order valence-corrected chi connectivity index (χ0v) is 12.6. The van der Waals surface area contributed by atoms with Gasteiger partial charge in [-0.1, -0.05) is 57.2 Å². The van der Waals surface area contributed by atoms with Crippen LogP contribution in [0.3, 0.4) is 0 Å². The van der Waals surface area contributed by atoms with Crippen LogP contribution < -0.4 is 0 Å². The molecule has 0 radical (unpaired) electrons. The molecule has 19 heavy (non-hydrogen) atoms. The smallest absolute Gasteiger partial charge is 0.117 e. The molecule has 1 aromatic heterocycles. The van der Waals surface area contributed by atoms with E-state index < -0.39 is 0 Å². The summed E-state index contributed by atoms with van der Waals surface area (Å²) < 4.78 is 1.28. The molecule has 0 fully saturated rings. The van der Waals surface area contributed by atoms with Crippen molar-refractivity contribution in [2.24, 2.45) is 0 Å². The fourth-order valence-electron chi connectivity index (χ4n) is 2.19. The summed E-state index contributed by atoms with van der Waals surface area (Å²) in [5.41, 5.74) is 1.12. The molecule has 0 atom stereocenters. The SMILES string of the molecule is CCCCCCCCC=Cc1nc2ccccc2s1. The molecule has 2 heteroatoms. The van der Waals surface area contributed by atoms with Crippen molar-refractivity contribution in [2.45, 2.75) is 51.9 Å². The Morgan fingerprint density at radius 2 is 1.84 bits per heavy atom. The monoisotopic (exact) mass is 273 g/mol. The van der Waals surface area contributed by atoms with Crippen LogP contribution in [0.2, 0.25) is 0 Å². The fourth-order valence-corrected chi connectivity index (χ4v) is 3.09. The van der Waals surface area contributed by atoms with Gasteiger partial charge in [-0.2, -0.15) is 0 Å². The maximum absolute atomic E-state index is 4.60. The predicted molar refractivity (Wildman–Crippen MR) is 86.6 cm³/mol. The second kappa shape index (κ2) is 8.11. The van der Waals surface area contributed by atoms with E-state index in [4.69, 9.17) is 0 Å². The lowest BCUT2D eigenvalue weighted by molar-refractivity contribution is 0.611. The first-order valence-electron chi connectivity index (χ1n) is 7.42. The van der Waals surface area contributed by atoms with Gasteiger partial charge in [0.1, 0.15) is 5.01 Å². The van der Waals surface area contributed by atoms with Gasteiger partial charge in [0.15, 0.2) is 0 Å². The lowest BCUT2D eigenvalue weighted by atomic mass is 10.1. The molecule has 0 unspecified atom stereocenters. The van der Waals surface area contributed by atoms with Crippen LogP contribution in [0, 0.1) is 0 Å². The van der Waals surface area contributed by atoms with Crippen molar-refractivity contribution >= 4 is 27.6 Å². The first kappa shape index (κ1) is 14.3. The van der Waals surface area contributed by atoms with E-state index in [1.807, 2.05) is 6.07 Å². The van der Waals surface area contributed by atoms with Crippen molar-refractivity contribution in [2.75, 3.05) is 0 Å². The van der Waals surface area contributed by atoms with Crippen LogP contribution in [0.5, 0.6) is 0 Å². The first-order chi connectivity index (χ1) is 9.40. The Hall–Kier alpha value is -1.15. The Balaban J connectivity index is 1.70. The largest absolute Gasteiger partial charge is 0.237 e. The quantitative estimate of drug-likeness (QED) is 0.533. The van der Waals surface area contributed by atoms with Crippen LogP contribution in [-0.4, -0.2) is 4.98 Å². The molecule has 1 nitrogen and oxygen atoms in total. The summed E-state index contributed by atoms with van der Waals surface area (Å²) >= 11 is 1.77. The highest BCUT2D eigenvalue weighted by atomic mass is 32.1. The number of allylic oxidation sites excluding steroid dienone is 1. The van der Waals surface area contributed by atoms with E-state index in [2.05, 4.69) is 42.3 Å². The van der Waals surface area contributed by atoms with E-state index in [0.717, 1.165) is 10.5 Å². The third-order valence-corrected chi connectivity index (χ3v) is 4.30. The van der Waals surface area contributed by atoms with E-state index in [9.17, 15) is 0 Å². The van der Waals surface area contributed by atoms with Gasteiger partial charge in [-0.25, -0.2) is 4.98 Å². The Labute approximate surface area is 120 Å². The molecule has 2 rings (SSSR count). The minimum Gasteiger partial charge on any atom is -0.237 e. The van der Waals surface area contributed by atoms with Gasteiger partial charge >= 0.3 is 0 Å². The second-order valence-electron chi connectivity index (χ2n) is 4.98. The number of aromatic nitrogens is 1. The molecule has 0 N–H and O–H groups in total. The number of fused-ring (bicyclic) bond motifs is 1. The molecule has 0 saturated heterocycles. The Bertz CT molecular complexity index is 480. The topological polar surface area (TPSA) is 12.9 Å². The zero-order valence-electron chi connectivity index (χ0n) is 11.8. The zero-order chi connectivity index (χ0) is 13.3. The summed E-state index contributed by atoms with van der Waals surface area (Å²) in [6.07, 6.45) is 13.8. The van der Waals surface area contributed by atoms with E-state index >= 15 is 0 Å². The minimum atomic E-state index is 1.12. The summed E-state index contributed by atoms with van der Waals surface area (Å²) in [7, 11) is 0. The Kier molecular flexibility index (Phi) is 6.09. The number of nitrogens with zero attached hydrogens (tertiary/aromatic N) is 1. The summed E-state index contributed by atoms with van der Waals surface area (Å²) in [4.78, 5) is 4.60. The summed E-state index contributed by atoms with van der Waals surface area (Å²) in [6.45, 7) is 2.26. The van der Waals surface area contributed by atoms with Crippen LogP contribution in [0.15, 0.2) is 30.3 Å². The molecule has 0 bridgehead atoms. The number of para-hydroxylation sites is 1. The highest BCUT2D eigenvalue weighted by Gasteiger charge is 1.98. The number of hydrogen-bond donors (Lipinski definition) is 0. The molecule has 0 amide bonds. The van der Waals surface area contributed by atoms with Gasteiger partial charge < -0.3 is 0 Å². The average molecular weight is 273 g/mol. The van der Waals surface area contributed by atoms with Gasteiger partial charge in [-0.3, -0.25) is 0 Å². The fraction of sp³-hybridized carbons (Fsp3) is 0.471. The highest BCUT2D eigenvalue weighted by Crippen LogP contribution is 2.22. The average Bonchev–Trinajstić information content (AvgIpc) is 2.84. The highest BCUT2D eigenvalue weighted by molar-refractivity contribution is 7.19. The van der Waals surface area contributed by atoms with Gasteiger partial charge in [-0.05, 0) is 31.1 Å². The third-order valence-electron chi connectivity index (χ3n) is 3.30. The predicted octanol–water partition coefficient (Wildman–Crippen LogP) is 6.06. The Morgan fingerprint density at radius 3 is 2.68 bits per heavy atom. The lowest BCUT2D eigenvalue weighted by Crippen LogP contribution is -1.77. The molecule has 1 heterocycles. The molecule has 0 spiro atoms. The third kappa shape index (κ3) is 4.79. The number of rotatable bonds is 8. The first-order valence-corrected chi connectivity index (χ1v) is 8.24. The van der Waals surface area contributed by atoms with Crippen LogP contribution in [0.4, 0.5) is 0 Å². The molecule has 102 valence electrons. The van der Waals surface area contributed by atoms with Crippen molar-refractivity contribution in [3.05, 3.63) is 35.3 Å². The number of benzene rings is 1. The second-order valence-corrected chi connectivity index (χ2v) is 6.04. The number of hydrogen-bond acceptors (Lipinski definition) is 2. The van der Waals surface area contributed by atoms with Crippen LogP contribution >= 0.6 is 11.3 Å². The van der Waals surface area contributed by atoms with Gasteiger partial charge in [0.05, 0.1) is 10.2 Å². The van der Waals surface area contributed by atoms with Gasteiger partial charge in [-0.15, -0.1) is 11.3 Å². The van der Waals surface area contributed by atoms with Crippen molar-refractivity contribution < 1.29 is 0 Å². The van der Waals surface area contributed by atoms with Crippen molar-refractivity contribution in [1.29, 1.82) is 0 Å². The van der Waals surface area contributed by atoms with Gasteiger partial charge in [0.2, 0.25) is 0 Å². The molecule has 0 aliphatic carbocycles. The molecular weight excluding hydrogens is 250 g/mol. The molecule has 1 aromatic carbocycles. The molecular formula is C17H23NS. The molecule has 0 aliphatic rings. The van der Waals surface area contributed by atoms with E-state index in [1.54, 1.807) is 11.3 Å². The maximum atomic E-state index is 4.60. The van der Waals surface area contributed by atoms with Crippen molar-refractivity contribution in [3.63, 3.8) is 0 Å². The maximum Gasteiger partial charge on any atom is 0.117 e.